The van der Waals surface area contributed by atoms with Gasteiger partial charge < -0.3 is 4.74 Å². The molecule has 4 nitrogen and oxygen atoms in total. The monoisotopic (exact) mass is 289 g/mol. The smallest absolute Gasteiger partial charge is 0.316 e. The highest BCUT2D eigenvalue weighted by atomic mass is 19.1. The summed E-state index contributed by atoms with van der Waals surface area (Å²) < 4.78 is 18.7. The van der Waals surface area contributed by atoms with Gasteiger partial charge in [0.2, 0.25) is 0 Å². The highest BCUT2D eigenvalue weighted by Crippen LogP contribution is 2.13. The predicted octanol–water partition coefficient (Wildman–Crippen LogP) is 3.04. The lowest BCUT2D eigenvalue weighted by Crippen LogP contribution is -2.24. The molecular formula is C16H20FN3O. The molecule has 0 bridgehead atoms. The molecule has 2 aromatic rings. The van der Waals surface area contributed by atoms with Crippen LogP contribution in [0.15, 0.2) is 36.7 Å². The molecule has 0 aliphatic rings. The maximum absolute atomic E-state index is 13.8. The van der Waals surface area contributed by atoms with Crippen molar-refractivity contribution >= 4 is 0 Å². The van der Waals surface area contributed by atoms with Crippen LogP contribution >= 0.6 is 0 Å². The van der Waals surface area contributed by atoms with Crippen molar-refractivity contribution in [3.8, 4) is 6.01 Å². The first-order chi connectivity index (χ1) is 10.2. The summed E-state index contributed by atoms with van der Waals surface area (Å²) in [5.74, 6) is -0.162. The summed E-state index contributed by atoms with van der Waals surface area (Å²) in [7, 11) is 1.54. The molecule has 0 aliphatic carbocycles. The second-order valence-corrected chi connectivity index (χ2v) is 4.88. The lowest BCUT2D eigenvalue weighted by Gasteiger charge is -2.21. The Labute approximate surface area is 124 Å². The SMILES string of the molecule is CCCN(Cc1cnc(OC)nc1)Cc1ccccc1F. The molecule has 1 aromatic carbocycles. The highest BCUT2D eigenvalue weighted by Gasteiger charge is 2.10. The number of rotatable bonds is 7. The molecule has 0 aliphatic heterocycles. The van der Waals surface area contributed by atoms with Crippen LogP contribution in [0.1, 0.15) is 24.5 Å². The second kappa shape index (κ2) is 7.69. The number of hydrogen-bond donors (Lipinski definition) is 0. The number of ether oxygens (including phenoxy) is 1. The van der Waals surface area contributed by atoms with E-state index in [9.17, 15) is 4.39 Å². The van der Waals surface area contributed by atoms with Gasteiger partial charge in [-0.15, -0.1) is 0 Å². The van der Waals surface area contributed by atoms with Crippen LogP contribution < -0.4 is 4.74 Å². The average Bonchev–Trinajstić information content (AvgIpc) is 2.50. The van der Waals surface area contributed by atoms with Crippen LogP contribution in [0.5, 0.6) is 6.01 Å². The van der Waals surface area contributed by atoms with Crippen LogP contribution in [0, 0.1) is 5.82 Å². The fourth-order valence-corrected chi connectivity index (χ4v) is 2.19. The molecule has 0 atom stereocenters. The van der Waals surface area contributed by atoms with Crippen molar-refractivity contribution in [2.45, 2.75) is 26.4 Å². The Kier molecular flexibility index (Phi) is 5.63. The number of aromatic nitrogens is 2. The zero-order valence-corrected chi connectivity index (χ0v) is 12.4. The van der Waals surface area contributed by atoms with E-state index in [1.165, 1.54) is 13.2 Å². The Balaban J connectivity index is 2.06. The molecule has 1 heterocycles. The van der Waals surface area contributed by atoms with Gasteiger partial charge in [-0.05, 0) is 19.0 Å². The molecule has 2 rings (SSSR count). The summed E-state index contributed by atoms with van der Waals surface area (Å²) in [5.41, 5.74) is 1.70. The third-order valence-corrected chi connectivity index (χ3v) is 3.16. The Hall–Kier alpha value is -2.01. The van der Waals surface area contributed by atoms with E-state index in [-0.39, 0.29) is 5.82 Å². The maximum atomic E-state index is 13.8. The summed E-state index contributed by atoms with van der Waals surface area (Å²) in [6.07, 6.45) is 4.50. The van der Waals surface area contributed by atoms with E-state index in [2.05, 4.69) is 21.8 Å². The fraction of sp³-hybridized carbons (Fsp3) is 0.375. The summed E-state index contributed by atoms with van der Waals surface area (Å²) in [6.45, 7) is 4.26. The first kappa shape index (κ1) is 15.4. The van der Waals surface area contributed by atoms with Crippen molar-refractivity contribution in [2.75, 3.05) is 13.7 Å². The average molecular weight is 289 g/mol. The molecule has 0 saturated heterocycles. The Morgan fingerprint density at radius 1 is 1.14 bits per heavy atom. The van der Waals surface area contributed by atoms with Gasteiger partial charge in [-0.2, -0.15) is 0 Å². The van der Waals surface area contributed by atoms with E-state index >= 15 is 0 Å². The van der Waals surface area contributed by atoms with Gasteiger partial charge in [-0.3, -0.25) is 4.90 Å². The van der Waals surface area contributed by atoms with Crippen LogP contribution in [0.4, 0.5) is 4.39 Å². The van der Waals surface area contributed by atoms with Gasteiger partial charge in [0.05, 0.1) is 7.11 Å². The van der Waals surface area contributed by atoms with Gasteiger partial charge in [0.15, 0.2) is 0 Å². The summed E-state index contributed by atoms with van der Waals surface area (Å²) in [4.78, 5) is 10.4. The summed E-state index contributed by atoms with van der Waals surface area (Å²) in [6, 6.07) is 7.24. The van der Waals surface area contributed by atoms with Crippen molar-refractivity contribution in [2.24, 2.45) is 0 Å². The van der Waals surface area contributed by atoms with Crippen LogP contribution in [-0.2, 0) is 13.1 Å². The highest BCUT2D eigenvalue weighted by molar-refractivity contribution is 5.17. The van der Waals surface area contributed by atoms with Gasteiger partial charge in [-0.1, -0.05) is 25.1 Å². The lowest BCUT2D eigenvalue weighted by atomic mass is 10.2. The molecule has 1 aromatic heterocycles. The molecular weight excluding hydrogens is 269 g/mol. The summed E-state index contributed by atoms with van der Waals surface area (Å²) in [5, 5.41) is 0. The van der Waals surface area contributed by atoms with Gasteiger partial charge in [0, 0.05) is 36.6 Å². The number of nitrogens with zero attached hydrogens (tertiary/aromatic N) is 3. The van der Waals surface area contributed by atoms with E-state index in [0.717, 1.165) is 18.5 Å². The van der Waals surface area contributed by atoms with E-state index in [1.807, 2.05) is 12.1 Å². The first-order valence-corrected chi connectivity index (χ1v) is 7.03. The maximum Gasteiger partial charge on any atom is 0.316 e. The number of benzene rings is 1. The van der Waals surface area contributed by atoms with Gasteiger partial charge >= 0.3 is 6.01 Å². The standard InChI is InChI=1S/C16H20FN3O/c1-3-8-20(12-14-6-4-5-7-15(14)17)11-13-9-18-16(21-2)19-10-13/h4-7,9-10H,3,8,11-12H2,1-2H3. The zero-order valence-electron chi connectivity index (χ0n) is 12.4. The first-order valence-electron chi connectivity index (χ1n) is 7.03. The van der Waals surface area contributed by atoms with Crippen molar-refractivity contribution in [1.29, 1.82) is 0 Å². The molecule has 112 valence electrons. The van der Waals surface area contributed by atoms with Crippen LogP contribution in [0.3, 0.4) is 0 Å². The minimum atomic E-state index is -0.162. The molecule has 0 amide bonds. The number of hydrogen-bond acceptors (Lipinski definition) is 4. The minimum Gasteiger partial charge on any atom is -0.467 e. The number of methoxy groups -OCH3 is 1. The molecule has 0 fully saturated rings. The van der Waals surface area contributed by atoms with Crippen LogP contribution in [0.25, 0.3) is 0 Å². The third kappa shape index (κ3) is 4.49. The molecule has 21 heavy (non-hydrogen) atoms. The van der Waals surface area contributed by atoms with Gasteiger partial charge in [-0.25, -0.2) is 14.4 Å². The van der Waals surface area contributed by atoms with Crippen molar-refractivity contribution in [3.05, 3.63) is 53.6 Å². The van der Waals surface area contributed by atoms with Gasteiger partial charge in [0.1, 0.15) is 5.82 Å². The fourth-order valence-electron chi connectivity index (χ4n) is 2.19. The molecule has 0 spiro atoms. The van der Waals surface area contributed by atoms with Crippen molar-refractivity contribution < 1.29 is 9.13 Å². The van der Waals surface area contributed by atoms with Crippen LogP contribution in [0.2, 0.25) is 0 Å². The van der Waals surface area contributed by atoms with E-state index < -0.39 is 0 Å². The topological polar surface area (TPSA) is 38.2 Å². The van der Waals surface area contributed by atoms with E-state index in [0.29, 0.717) is 24.7 Å². The largest absolute Gasteiger partial charge is 0.467 e. The van der Waals surface area contributed by atoms with Gasteiger partial charge in [0.25, 0.3) is 0 Å². The second-order valence-electron chi connectivity index (χ2n) is 4.88. The van der Waals surface area contributed by atoms with Crippen molar-refractivity contribution in [1.82, 2.24) is 14.9 Å². The lowest BCUT2D eigenvalue weighted by molar-refractivity contribution is 0.252. The summed E-state index contributed by atoms with van der Waals surface area (Å²) >= 11 is 0. The predicted molar refractivity (Wildman–Crippen MR) is 79.4 cm³/mol. The Bertz CT molecular complexity index is 560. The Morgan fingerprint density at radius 2 is 1.86 bits per heavy atom. The quantitative estimate of drug-likeness (QED) is 0.785. The number of halogens is 1. The van der Waals surface area contributed by atoms with E-state index in [1.54, 1.807) is 18.5 Å². The van der Waals surface area contributed by atoms with E-state index in [4.69, 9.17) is 4.74 Å². The zero-order chi connectivity index (χ0) is 15.1. The molecule has 0 unspecified atom stereocenters. The minimum absolute atomic E-state index is 0.162. The van der Waals surface area contributed by atoms with Crippen molar-refractivity contribution in [3.63, 3.8) is 0 Å². The molecule has 0 N–H and O–H groups in total. The third-order valence-electron chi connectivity index (χ3n) is 3.16. The molecule has 0 saturated carbocycles. The Morgan fingerprint density at radius 3 is 2.48 bits per heavy atom. The molecule has 5 heteroatoms. The normalized spacial score (nSPS) is 10.9. The van der Waals surface area contributed by atoms with Crippen LogP contribution in [-0.4, -0.2) is 28.5 Å². The molecule has 0 radical (unpaired) electrons.